The van der Waals surface area contributed by atoms with E-state index in [1.54, 1.807) is 18.3 Å². The van der Waals surface area contributed by atoms with Gasteiger partial charge in [-0.2, -0.15) is 0 Å². The van der Waals surface area contributed by atoms with Crippen molar-refractivity contribution >= 4 is 34.4 Å². The molecule has 1 aliphatic heterocycles. The number of aryl methyl sites for hydroxylation is 1. The molecule has 1 aliphatic rings. The highest BCUT2D eigenvalue weighted by molar-refractivity contribution is 6.33. The Bertz CT molecular complexity index is 971. The van der Waals surface area contributed by atoms with Crippen molar-refractivity contribution in [3.8, 4) is 11.1 Å². The number of cyclic esters (lactones) is 2. The van der Waals surface area contributed by atoms with Gasteiger partial charge in [0.2, 0.25) is 0 Å². The van der Waals surface area contributed by atoms with E-state index in [0.717, 1.165) is 16.6 Å². The fourth-order valence-electron chi connectivity index (χ4n) is 2.88. The molecule has 4 nitrogen and oxygen atoms in total. The Hall–Kier alpha value is -2.59. The summed E-state index contributed by atoms with van der Waals surface area (Å²) < 4.78 is 6.63. The highest BCUT2D eigenvalue weighted by Crippen LogP contribution is 2.36. The van der Waals surface area contributed by atoms with Crippen molar-refractivity contribution in [2.45, 2.75) is 0 Å². The van der Waals surface area contributed by atoms with Crippen LogP contribution in [0.15, 0.2) is 42.6 Å². The summed E-state index contributed by atoms with van der Waals surface area (Å²) in [5.74, 6) is -1.23. The zero-order chi connectivity index (χ0) is 15.4. The second kappa shape index (κ2) is 4.45. The van der Waals surface area contributed by atoms with Crippen LogP contribution in [0.2, 0.25) is 5.02 Å². The summed E-state index contributed by atoms with van der Waals surface area (Å²) in [6.45, 7) is 0. The summed E-state index contributed by atoms with van der Waals surface area (Å²) in [4.78, 5) is 23.9. The van der Waals surface area contributed by atoms with Crippen LogP contribution in [-0.2, 0) is 11.8 Å². The fourth-order valence-corrected chi connectivity index (χ4v) is 3.12. The Morgan fingerprint density at radius 3 is 2.50 bits per heavy atom. The lowest BCUT2D eigenvalue weighted by Crippen LogP contribution is -2.18. The average Bonchev–Trinajstić information content (AvgIpc) is 2.83. The van der Waals surface area contributed by atoms with Crippen LogP contribution in [0, 0.1) is 0 Å². The summed E-state index contributed by atoms with van der Waals surface area (Å²) >= 11 is 6.25. The van der Waals surface area contributed by atoms with Gasteiger partial charge in [0.05, 0.1) is 16.6 Å². The molecule has 0 amide bonds. The first-order valence-corrected chi connectivity index (χ1v) is 7.08. The number of benzene rings is 2. The van der Waals surface area contributed by atoms with Gasteiger partial charge in [-0.3, -0.25) is 0 Å². The molecule has 0 aliphatic carbocycles. The van der Waals surface area contributed by atoms with E-state index in [2.05, 4.69) is 0 Å². The van der Waals surface area contributed by atoms with Crippen LogP contribution in [0.3, 0.4) is 0 Å². The van der Waals surface area contributed by atoms with Gasteiger partial charge >= 0.3 is 11.9 Å². The number of aromatic nitrogens is 1. The van der Waals surface area contributed by atoms with Crippen molar-refractivity contribution in [1.82, 2.24) is 4.57 Å². The van der Waals surface area contributed by atoms with Crippen LogP contribution in [0.4, 0.5) is 0 Å². The van der Waals surface area contributed by atoms with Gasteiger partial charge in [-0.15, -0.1) is 0 Å². The van der Waals surface area contributed by atoms with Gasteiger partial charge in [-0.25, -0.2) is 9.59 Å². The van der Waals surface area contributed by atoms with Crippen LogP contribution in [-0.4, -0.2) is 16.5 Å². The van der Waals surface area contributed by atoms with E-state index in [0.29, 0.717) is 21.5 Å². The molecule has 1 aromatic heterocycles. The predicted molar refractivity (Wildman–Crippen MR) is 83.1 cm³/mol. The van der Waals surface area contributed by atoms with Crippen molar-refractivity contribution in [2.24, 2.45) is 7.05 Å². The molecule has 0 bridgehead atoms. The number of hydrogen-bond acceptors (Lipinski definition) is 3. The highest BCUT2D eigenvalue weighted by Gasteiger charge is 2.30. The van der Waals surface area contributed by atoms with E-state index in [9.17, 15) is 9.59 Å². The van der Waals surface area contributed by atoms with E-state index in [1.165, 1.54) is 0 Å². The van der Waals surface area contributed by atoms with Crippen LogP contribution in [0.25, 0.3) is 22.0 Å². The van der Waals surface area contributed by atoms with Crippen LogP contribution in [0.1, 0.15) is 20.7 Å². The number of hydrogen-bond donors (Lipinski definition) is 0. The number of rotatable bonds is 1. The van der Waals surface area contributed by atoms with Gasteiger partial charge in [0.15, 0.2) is 0 Å². The number of carbonyl (C=O) groups excluding carboxylic acids is 2. The molecular weight excluding hydrogens is 302 g/mol. The summed E-state index contributed by atoms with van der Waals surface area (Å²) in [6, 6.07) is 11.1. The van der Waals surface area contributed by atoms with Gasteiger partial charge in [-0.1, -0.05) is 29.8 Å². The number of halogens is 1. The molecule has 2 aromatic carbocycles. The maximum atomic E-state index is 12.1. The molecule has 3 aromatic rings. The van der Waals surface area contributed by atoms with E-state index < -0.39 is 11.9 Å². The molecule has 2 heterocycles. The second-order valence-corrected chi connectivity index (χ2v) is 5.64. The van der Waals surface area contributed by atoms with E-state index >= 15 is 0 Å². The summed E-state index contributed by atoms with van der Waals surface area (Å²) in [5.41, 5.74) is 3.25. The molecule has 5 heteroatoms. The monoisotopic (exact) mass is 311 g/mol. The lowest BCUT2D eigenvalue weighted by molar-refractivity contribution is 0.0391. The van der Waals surface area contributed by atoms with Crippen molar-refractivity contribution in [2.75, 3.05) is 0 Å². The molecule has 0 saturated carbocycles. The average molecular weight is 312 g/mol. The van der Waals surface area contributed by atoms with Crippen molar-refractivity contribution in [1.29, 1.82) is 0 Å². The Morgan fingerprint density at radius 1 is 1.00 bits per heavy atom. The molecule has 0 radical (unpaired) electrons. The molecule has 0 N–H and O–H groups in total. The topological polar surface area (TPSA) is 48.3 Å². The first-order chi connectivity index (χ1) is 10.6. The largest absolute Gasteiger partial charge is 0.386 e. The van der Waals surface area contributed by atoms with E-state index in [1.807, 2.05) is 35.9 Å². The van der Waals surface area contributed by atoms with Crippen LogP contribution < -0.4 is 0 Å². The standard InChI is InChI=1S/C17H10ClNO3/c1-19-8-12-15-11(16(20)22-17(12)21)6-9(7-14(15)19)10-4-2-3-5-13(10)18/h2-8H,1H3. The first-order valence-electron chi connectivity index (χ1n) is 6.71. The molecule has 0 atom stereocenters. The minimum Gasteiger partial charge on any atom is -0.386 e. The predicted octanol–water partition coefficient (Wildman–Crippen LogP) is 3.81. The summed E-state index contributed by atoms with van der Waals surface area (Å²) in [5, 5.41) is 1.24. The smallest absolute Gasteiger partial charge is 0.348 e. The highest BCUT2D eigenvalue weighted by atomic mass is 35.5. The van der Waals surface area contributed by atoms with Crippen molar-refractivity contribution in [3.05, 3.63) is 58.7 Å². The van der Waals surface area contributed by atoms with Gasteiger partial charge in [-0.05, 0) is 23.8 Å². The normalized spacial score (nSPS) is 13.5. The van der Waals surface area contributed by atoms with Gasteiger partial charge in [0.25, 0.3) is 0 Å². The van der Waals surface area contributed by atoms with Crippen LogP contribution >= 0.6 is 11.6 Å². The lowest BCUT2D eigenvalue weighted by atomic mass is 9.97. The third-order valence-electron chi connectivity index (χ3n) is 3.90. The Morgan fingerprint density at radius 2 is 1.73 bits per heavy atom. The Balaban J connectivity index is 2.10. The van der Waals surface area contributed by atoms with Gasteiger partial charge in [0, 0.05) is 29.2 Å². The fraction of sp³-hybridized carbons (Fsp3) is 0.0588. The number of nitrogens with zero attached hydrogens (tertiary/aromatic N) is 1. The molecule has 22 heavy (non-hydrogen) atoms. The molecule has 0 saturated heterocycles. The molecular formula is C17H10ClNO3. The number of esters is 2. The maximum Gasteiger partial charge on any atom is 0.348 e. The third kappa shape index (κ3) is 1.71. The Kier molecular flexibility index (Phi) is 2.65. The van der Waals surface area contributed by atoms with Crippen LogP contribution in [0.5, 0.6) is 0 Å². The lowest BCUT2D eigenvalue weighted by Gasteiger charge is -2.13. The SMILES string of the molecule is Cn1cc2c3c(cc(-c4ccccc4Cl)cc31)C(=O)OC2=O. The zero-order valence-electron chi connectivity index (χ0n) is 11.6. The number of ether oxygens (including phenoxy) is 1. The quantitative estimate of drug-likeness (QED) is 0.507. The summed E-state index contributed by atoms with van der Waals surface area (Å²) in [7, 11) is 1.83. The molecule has 108 valence electrons. The third-order valence-corrected chi connectivity index (χ3v) is 4.23. The maximum absolute atomic E-state index is 12.1. The molecule has 4 rings (SSSR count). The van der Waals surface area contributed by atoms with E-state index in [-0.39, 0.29) is 0 Å². The molecule has 0 fully saturated rings. The van der Waals surface area contributed by atoms with Crippen molar-refractivity contribution < 1.29 is 14.3 Å². The summed E-state index contributed by atoms with van der Waals surface area (Å²) in [6.07, 6.45) is 1.68. The Labute approximate surface area is 130 Å². The van der Waals surface area contributed by atoms with Crippen molar-refractivity contribution in [3.63, 3.8) is 0 Å². The minimum atomic E-state index is -0.623. The number of carbonyl (C=O) groups is 2. The van der Waals surface area contributed by atoms with Gasteiger partial charge in [0.1, 0.15) is 0 Å². The van der Waals surface area contributed by atoms with E-state index in [4.69, 9.17) is 16.3 Å². The second-order valence-electron chi connectivity index (χ2n) is 5.23. The minimum absolute atomic E-state index is 0.391. The zero-order valence-corrected chi connectivity index (χ0v) is 12.3. The molecule has 0 spiro atoms. The molecule has 0 unspecified atom stereocenters. The van der Waals surface area contributed by atoms with Gasteiger partial charge < -0.3 is 9.30 Å². The first kappa shape index (κ1) is 13.1.